The first-order valence-corrected chi connectivity index (χ1v) is 14.3. The molecule has 1 aromatic rings. The Morgan fingerprint density at radius 3 is 2.41 bits per heavy atom. The Labute approximate surface area is 183 Å². The smallest absolute Gasteiger partial charge is 0.192 e. The zero-order valence-corrected chi connectivity index (χ0v) is 21.5. The zero-order valence-electron chi connectivity index (χ0n) is 17.5. The third kappa shape index (κ3) is 8.87. The van der Waals surface area contributed by atoms with E-state index in [1.807, 2.05) is 6.92 Å². The zero-order chi connectivity index (χ0) is 20.3. The number of hydrogen-bond acceptors (Lipinski definition) is 5. The van der Waals surface area contributed by atoms with Crippen molar-refractivity contribution in [2.45, 2.75) is 78.8 Å². The summed E-state index contributed by atoms with van der Waals surface area (Å²) in [7, 11) is -1.68. The van der Waals surface area contributed by atoms with Gasteiger partial charge in [-0.05, 0) is 83.1 Å². The van der Waals surface area contributed by atoms with Gasteiger partial charge in [0.25, 0.3) is 0 Å². The number of aromatic nitrogens is 1. The molecule has 27 heavy (non-hydrogen) atoms. The van der Waals surface area contributed by atoms with Crippen molar-refractivity contribution in [1.29, 1.82) is 0 Å². The third-order valence-corrected chi connectivity index (χ3v) is 10.7. The van der Waals surface area contributed by atoms with Gasteiger partial charge in [0.05, 0.1) is 18.4 Å². The maximum Gasteiger partial charge on any atom is 0.192 e. The van der Waals surface area contributed by atoms with Gasteiger partial charge in [0.1, 0.15) is 11.6 Å². The minimum atomic E-state index is -1.68. The minimum absolute atomic E-state index is 0.117. The van der Waals surface area contributed by atoms with E-state index in [4.69, 9.17) is 14.2 Å². The predicted octanol–water partition coefficient (Wildman–Crippen LogP) is 7.13. The SMILES string of the molecule is CCOOCc1nc(/C=C(\C)C(C/C=C(/C)I)O[Si](CC)(CC)CC)cs1. The summed E-state index contributed by atoms with van der Waals surface area (Å²) < 4.78 is 8.11. The van der Waals surface area contributed by atoms with E-state index >= 15 is 0 Å². The number of nitrogens with zero attached hydrogens (tertiary/aromatic N) is 1. The molecule has 1 rings (SSSR count). The van der Waals surface area contributed by atoms with Gasteiger partial charge < -0.3 is 4.43 Å². The average molecular weight is 524 g/mol. The minimum Gasteiger partial charge on any atom is -0.410 e. The molecule has 154 valence electrons. The molecule has 4 nitrogen and oxygen atoms in total. The maximum absolute atomic E-state index is 6.81. The van der Waals surface area contributed by atoms with Gasteiger partial charge in [-0.3, -0.25) is 0 Å². The Bertz CT molecular complexity index is 602. The van der Waals surface area contributed by atoms with Crippen LogP contribution in [0.3, 0.4) is 0 Å². The molecule has 0 bridgehead atoms. The van der Waals surface area contributed by atoms with Crippen LogP contribution in [0, 0.1) is 0 Å². The van der Waals surface area contributed by atoms with E-state index in [1.54, 1.807) is 11.3 Å². The van der Waals surface area contributed by atoms with Crippen LogP contribution in [-0.2, 0) is 20.8 Å². The first kappa shape index (κ1) is 25.0. The molecular formula is C20H34INO3SSi. The lowest BCUT2D eigenvalue weighted by Gasteiger charge is -2.33. The van der Waals surface area contributed by atoms with Gasteiger partial charge in [-0.25, -0.2) is 14.8 Å². The summed E-state index contributed by atoms with van der Waals surface area (Å²) in [5.41, 5.74) is 2.20. The molecule has 0 aliphatic rings. The van der Waals surface area contributed by atoms with Crippen molar-refractivity contribution in [2.75, 3.05) is 6.61 Å². The fourth-order valence-corrected chi connectivity index (χ4v) is 6.65. The standard InChI is InChI=1S/C20H34INO3SSi/c1-7-23-24-14-20-22-18(15-26-20)13-16(5)19(12-11-17(6)21)25-27(8-2,9-3)10-4/h11,13,15,19H,7-10,12,14H2,1-6H3/b16-13+,17-11-. The third-order valence-electron chi connectivity index (χ3n) is 4.77. The Kier molecular flexibility index (Phi) is 12.2. The lowest BCUT2D eigenvalue weighted by atomic mass is 10.1. The first-order valence-electron chi connectivity index (χ1n) is 9.76. The molecule has 0 aromatic carbocycles. The summed E-state index contributed by atoms with van der Waals surface area (Å²) in [6, 6.07) is 3.48. The molecule has 0 amide bonds. The second-order valence-electron chi connectivity index (χ2n) is 6.60. The van der Waals surface area contributed by atoms with E-state index in [0.717, 1.165) is 35.3 Å². The molecule has 7 heteroatoms. The van der Waals surface area contributed by atoms with Gasteiger partial charge in [0, 0.05) is 5.38 Å². The van der Waals surface area contributed by atoms with Crippen LogP contribution in [0.15, 0.2) is 20.6 Å². The van der Waals surface area contributed by atoms with Crippen LogP contribution in [0.5, 0.6) is 0 Å². The van der Waals surface area contributed by atoms with Gasteiger partial charge >= 0.3 is 0 Å². The average Bonchev–Trinajstić information content (AvgIpc) is 3.09. The van der Waals surface area contributed by atoms with E-state index in [0.29, 0.717) is 13.2 Å². The van der Waals surface area contributed by atoms with E-state index in [2.05, 4.69) is 79.7 Å². The fraction of sp³-hybridized carbons (Fsp3) is 0.650. The number of halogens is 1. The van der Waals surface area contributed by atoms with Crippen molar-refractivity contribution < 1.29 is 14.2 Å². The fourth-order valence-electron chi connectivity index (χ4n) is 2.86. The van der Waals surface area contributed by atoms with Crippen LogP contribution in [0.4, 0.5) is 0 Å². The van der Waals surface area contributed by atoms with Crippen LogP contribution in [-0.4, -0.2) is 26.0 Å². The van der Waals surface area contributed by atoms with E-state index in [-0.39, 0.29) is 6.10 Å². The van der Waals surface area contributed by atoms with Crippen molar-refractivity contribution in [3.8, 4) is 0 Å². The lowest BCUT2D eigenvalue weighted by molar-refractivity contribution is -0.300. The van der Waals surface area contributed by atoms with E-state index in [1.165, 1.54) is 9.15 Å². The molecule has 0 aliphatic heterocycles. The Hall–Kier alpha value is -0.0631. The molecule has 0 saturated heterocycles. The van der Waals surface area contributed by atoms with Crippen LogP contribution in [0.1, 0.15) is 58.7 Å². The summed E-state index contributed by atoms with van der Waals surface area (Å²) in [5, 5.41) is 2.98. The number of hydrogen-bond donors (Lipinski definition) is 0. The Balaban J connectivity index is 2.96. The highest BCUT2D eigenvalue weighted by Crippen LogP contribution is 2.28. The lowest BCUT2D eigenvalue weighted by Crippen LogP contribution is -2.40. The van der Waals surface area contributed by atoms with Crippen LogP contribution in [0.25, 0.3) is 6.08 Å². The molecule has 0 spiro atoms. The largest absolute Gasteiger partial charge is 0.410 e. The van der Waals surface area contributed by atoms with Crippen molar-refractivity contribution in [3.05, 3.63) is 31.3 Å². The quantitative estimate of drug-likeness (QED) is 0.0907. The number of thiazole rings is 1. The Morgan fingerprint density at radius 2 is 1.85 bits per heavy atom. The first-order chi connectivity index (χ1) is 12.9. The molecule has 1 aromatic heterocycles. The van der Waals surface area contributed by atoms with Gasteiger partial charge in [0.15, 0.2) is 8.32 Å². The Morgan fingerprint density at radius 1 is 1.19 bits per heavy atom. The van der Waals surface area contributed by atoms with Gasteiger partial charge in [-0.15, -0.1) is 11.3 Å². The molecule has 0 saturated carbocycles. The summed E-state index contributed by atoms with van der Waals surface area (Å²) in [6.07, 6.45) is 5.45. The van der Waals surface area contributed by atoms with Gasteiger partial charge in [-0.1, -0.05) is 26.8 Å². The van der Waals surface area contributed by atoms with Crippen LogP contribution < -0.4 is 0 Å². The maximum atomic E-state index is 6.81. The molecule has 1 unspecified atom stereocenters. The molecular weight excluding hydrogens is 489 g/mol. The topological polar surface area (TPSA) is 40.6 Å². The van der Waals surface area contributed by atoms with E-state index < -0.39 is 8.32 Å². The van der Waals surface area contributed by atoms with Crippen molar-refractivity contribution in [3.63, 3.8) is 0 Å². The molecule has 0 fully saturated rings. The predicted molar refractivity (Wildman–Crippen MR) is 127 cm³/mol. The molecule has 1 heterocycles. The van der Waals surface area contributed by atoms with Gasteiger partial charge in [-0.2, -0.15) is 0 Å². The summed E-state index contributed by atoms with van der Waals surface area (Å²) in [4.78, 5) is 14.7. The van der Waals surface area contributed by atoms with E-state index in [9.17, 15) is 0 Å². The molecule has 1 atom stereocenters. The van der Waals surface area contributed by atoms with Gasteiger partial charge in [0.2, 0.25) is 0 Å². The molecule has 0 aliphatic carbocycles. The normalized spacial score (nSPS) is 14.6. The molecule has 0 radical (unpaired) electrons. The van der Waals surface area contributed by atoms with Crippen molar-refractivity contribution in [2.24, 2.45) is 0 Å². The number of allylic oxidation sites excluding steroid dienone is 1. The summed E-state index contributed by atoms with van der Waals surface area (Å²) in [6.45, 7) is 14.0. The monoisotopic (exact) mass is 523 g/mol. The molecule has 0 N–H and O–H groups in total. The number of rotatable bonds is 13. The second kappa shape index (κ2) is 13.2. The second-order valence-corrected chi connectivity index (χ2v) is 14.0. The highest BCUT2D eigenvalue weighted by atomic mass is 127. The highest BCUT2D eigenvalue weighted by Gasteiger charge is 2.32. The summed E-state index contributed by atoms with van der Waals surface area (Å²) >= 11 is 3.96. The van der Waals surface area contributed by atoms with Crippen molar-refractivity contribution in [1.82, 2.24) is 4.98 Å². The highest BCUT2D eigenvalue weighted by molar-refractivity contribution is 14.1. The summed E-state index contributed by atoms with van der Waals surface area (Å²) in [5.74, 6) is 0. The van der Waals surface area contributed by atoms with Crippen molar-refractivity contribution >= 4 is 48.3 Å². The van der Waals surface area contributed by atoms with Crippen LogP contribution >= 0.6 is 33.9 Å². The van der Waals surface area contributed by atoms with Crippen LogP contribution in [0.2, 0.25) is 18.1 Å².